The van der Waals surface area contributed by atoms with Crippen molar-refractivity contribution in [2.45, 2.75) is 76.3 Å². The highest BCUT2D eigenvalue weighted by Crippen LogP contribution is 2.48. The zero-order valence-corrected chi connectivity index (χ0v) is 17.4. The summed E-state index contributed by atoms with van der Waals surface area (Å²) >= 11 is 1.94. The molecule has 6 heteroatoms. The minimum Gasteiger partial charge on any atom is -0.342 e. The van der Waals surface area contributed by atoms with Gasteiger partial charge in [0.15, 0.2) is 5.17 Å². The molecular weight excluding hydrogens is 370 g/mol. The maximum Gasteiger partial charge on any atom is 0.235 e. The number of aryl methyl sites for hydroxylation is 1. The third-order valence-electron chi connectivity index (χ3n) is 6.50. The van der Waals surface area contributed by atoms with Crippen molar-refractivity contribution in [1.29, 1.82) is 0 Å². The molecule has 1 heterocycles. The van der Waals surface area contributed by atoms with E-state index in [0.29, 0.717) is 11.6 Å². The summed E-state index contributed by atoms with van der Waals surface area (Å²) in [7, 11) is 0. The molecule has 4 rings (SSSR count). The van der Waals surface area contributed by atoms with Crippen LogP contribution in [0.4, 0.5) is 5.69 Å². The van der Waals surface area contributed by atoms with Gasteiger partial charge in [-0.1, -0.05) is 50.4 Å². The van der Waals surface area contributed by atoms with Crippen molar-refractivity contribution in [2.75, 3.05) is 5.75 Å². The van der Waals surface area contributed by atoms with Gasteiger partial charge in [0.2, 0.25) is 6.20 Å². The third-order valence-corrected chi connectivity index (χ3v) is 7.73. The number of aliphatic imine (C=N–C) groups is 1. The van der Waals surface area contributed by atoms with Gasteiger partial charge in [0.05, 0.1) is 16.1 Å². The molecule has 0 unspecified atom stereocenters. The predicted molar refractivity (Wildman–Crippen MR) is 117 cm³/mol. The Morgan fingerprint density at radius 1 is 1.29 bits per heavy atom. The molecule has 0 aromatic heterocycles. The zero-order valence-electron chi connectivity index (χ0n) is 16.6. The van der Waals surface area contributed by atoms with Crippen molar-refractivity contribution in [2.24, 2.45) is 4.99 Å². The van der Waals surface area contributed by atoms with E-state index in [1.807, 2.05) is 30.0 Å². The van der Waals surface area contributed by atoms with Crippen molar-refractivity contribution < 1.29 is 4.92 Å². The number of rotatable bonds is 5. The second-order valence-corrected chi connectivity index (χ2v) is 9.21. The van der Waals surface area contributed by atoms with Crippen LogP contribution >= 0.6 is 11.8 Å². The van der Waals surface area contributed by atoms with Gasteiger partial charge in [-0.3, -0.25) is 10.1 Å². The monoisotopic (exact) mass is 399 g/mol. The van der Waals surface area contributed by atoms with Crippen molar-refractivity contribution in [3.8, 4) is 0 Å². The largest absolute Gasteiger partial charge is 0.342 e. The van der Waals surface area contributed by atoms with Crippen LogP contribution in [0.1, 0.15) is 69.4 Å². The van der Waals surface area contributed by atoms with Crippen molar-refractivity contribution in [1.82, 2.24) is 4.90 Å². The van der Waals surface area contributed by atoms with Crippen LogP contribution in [0.3, 0.4) is 0 Å². The molecule has 2 aliphatic carbocycles. The molecule has 2 saturated carbocycles. The standard InChI is InChI=1S/C22H29N3O2S/c1-2-18-15-17(11-14-24(26)27)9-10-20(18)23-21-25(19-7-3-4-8-19)22(16-28-21)12-5-6-13-22/h9-11,14-15,19H,2-8,12-13,16H2,1H3. The lowest BCUT2D eigenvalue weighted by Crippen LogP contribution is -2.50. The van der Waals surface area contributed by atoms with Crippen LogP contribution in [0, 0.1) is 10.1 Å². The Morgan fingerprint density at radius 2 is 2.04 bits per heavy atom. The SMILES string of the molecule is CCc1cc(C=C[N+](=O)[O-])ccc1N=C1SCC2(CCCC2)N1C1CCCC1. The summed E-state index contributed by atoms with van der Waals surface area (Å²) in [6.45, 7) is 2.12. The van der Waals surface area contributed by atoms with Crippen molar-refractivity contribution >= 4 is 28.7 Å². The van der Waals surface area contributed by atoms with Crippen molar-refractivity contribution in [3.63, 3.8) is 0 Å². The molecule has 1 saturated heterocycles. The summed E-state index contributed by atoms with van der Waals surface area (Å²) in [6.07, 6.45) is 14.0. The average Bonchev–Trinajstić information content (AvgIpc) is 3.44. The Bertz CT molecular complexity index is 793. The van der Waals surface area contributed by atoms with E-state index in [1.54, 1.807) is 6.08 Å². The number of amidine groups is 1. The van der Waals surface area contributed by atoms with Crippen LogP contribution in [-0.4, -0.2) is 32.3 Å². The minimum atomic E-state index is -0.421. The quantitative estimate of drug-likeness (QED) is 0.464. The van der Waals surface area contributed by atoms with Crippen LogP contribution in [0.25, 0.3) is 6.08 Å². The Balaban J connectivity index is 1.66. The Morgan fingerprint density at radius 3 is 2.71 bits per heavy atom. The lowest BCUT2D eigenvalue weighted by molar-refractivity contribution is -0.400. The van der Waals surface area contributed by atoms with E-state index in [0.717, 1.165) is 29.4 Å². The van der Waals surface area contributed by atoms with Crippen LogP contribution in [0.15, 0.2) is 29.4 Å². The first-order valence-electron chi connectivity index (χ1n) is 10.6. The Labute approximate surface area is 171 Å². The molecule has 28 heavy (non-hydrogen) atoms. The van der Waals surface area contributed by atoms with Gasteiger partial charge in [0, 0.05) is 17.9 Å². The first-order chi connectivity index (χ1) is 13.6. The van der Waals surface area contributed by atoms with Gasteiger partial charge in [-0.05, 0) is 55.4 Å². The maximum absolute atomic E-state index is 10.6. The van der Waals surface area contributed by atoms with Gasteiger partial charge in [0.25, 0.3) is 0 Å². The molecule has 0 N–H and O–H groups in total. The highest BCUT2D eigenvalue weighted by atomic mass is 32.2. The molecule has 3 aliphatic rings. The van der Waals surface area contributed by atoms with Gasteiger partial charge < -0.3 is 4.90 Å². The maximum atomic E-state index is 10.6. The van der Waals surface area contributed by atoms with Crippen LogP contribution < -0.4 is 0 Å². The Hall–Kier alpha value is -1.82. The van der Waals surface area contributed by atoms with Gasteiger partial charge in [0.1, 0.15) is 0 Å². The highest BCUT2D eigenvalue weighted by molar-refractivity contribution is 8.14. The van der Waals surface area contributed by atoms with E-state index in [4.69, 9.17) is 4.99 Å². The molecule has 3 fully saturated rings. The van der Waals surface area contributed by atoms with Gasteiger partial charge in [-0.25, -0.2) is 4.99 Å². The van der Waals surface area contributed by atoms with Crippen LogP contribution in [0.2, 0.25) is 0 Å². The molecule has 1 aromatic rings. The predicted octanol–water partition coefficient (Wildman–Crippen LogP) is 5.79. The first kappa shape index (κ1) is 19.5. The fraction of sp³-hybridized carbons (Fsp3) is 0.591. The summed E-state index contributed by atoms with van der Waals surface area (Å²) < 4.78 is 0. The smallest absolute Gasteiger partial charge is 0.235 e. The second kappa shape index (κ2) is 8.27. The molecule has 1 aromatic carbocycles. The summed E-state index contributed by atoms with van der Waals surface area (Å²) in [5.74, 6) is 1.17. The lowest BCUT2D eigenvalue weighted by Gasteiger charge is -2.40. The highest BCUT2D eigenvalue weighted by Gasteiger charge is 2.49. The lowest BCUT2D eigenvalue weighted by atomic mass is 9.95. The third kappa shape index (κ3) is 3.84. The topological polar surface area (TPSA) is 58.7 Å². The second-order valence-electron chi connectivity index (χ2n) is 8.27. The van der Waals surface area contributed by atoms with E-state index in [9.17, 15) is 10.1 Å². The van der Waals surface area contributed by atoms with Gasteiger partial charge in [-0.2, -0.15) is 0 Å². The molecule has 5 nitrogen and oxygen atoms in total. The number of hydrogen-bond donors (Lipinski definition) is 0. The number of nitrogens with zero attached hydrogens (tertiary/aromatic N) is 3. The zero-order chi connectivity index (χ0) is 19.6. The fourth-order valence-electron chi connectivity index (χ4n) is 5.10. The summed E-state index contributed by atoms with van der Waals surface area (Å²) in [4.78, 5) is 18.1. The number of benzene rings is 1. The van der Waals surface area contributed by atoms with Crippen LogP contribution in [0.5, 0.6) is 0 Å². The molecule has 0 amide bonds. The first-order valence-corrected chi connectivity index (χ1v) is 11.6. The fourth-order valence-corrected chi connectivity index (χ4v) is 6.57. The van der Waals surface area contributed by atoms with E-state index in [-0.39, 0.29) is 0 Å². The van der Waals surface area contributed by atoms with Crippen LogP contribution in [-0.2, 0) is 6.42 Å². The van der Waals surface area contributed by atoms with Crippen molar-refractivity contribution in [3.05, 3.63) is 45.6 Å². The molecular formula is C22H29N3O2S. The van der Waals surface area contributed by atoms with Gasteiger partial charge in [-0.15, -0.1) is 0 Å². The normalized spacial score (nSPS) is 23.6. The van der Waals surface area contributed by atoms with E-state index < -0.39 is 4.92 Å². The number of nitro groups is 1. The number of hydrogen-bond acceptors (Lipinski definition) is 4. The Kier molecular flexibility index (Phi) is 5.76. The molecule has 150 valence electrons. The molecule has 0 radical (unpaired) electrons. The van der Waals surface area contributed by atoms with Gasteiger partial charge >= 0.3 is 0 Å². The number of thioether (sulfide) groups is 1. The van der Waals surface area contributed by atoms with E-state index in [2.05, 4.69) is 11.8 Å². The van der Waals surface area contributed by atoms with E-state index >= 15 is 0 Å². The average molecular weight is 400 g/mol. The molecule has 0 bridgehead atoms. The minimum absolute atomic E-state index is 0.333. The summed E-state index contributed by atoms with van der Waals surface area (Å²) in [5.41, 5.74) is 3.36. The molecule has 1 aliphatic heterocycles. The molecule has 1 spiro atoms. The summed E-state index contributed by atoms with van der Waals surface area (Å²) in [6, 6.07) is 6.64. The van der Waals surface area contributed by atoms with E-state index in [1.165, 1.54) is 62.3 Å². The summed E-state index contributed by atoms with van der Waals surface area (Å²) in [5, 5.41) is 11.8. The molecule has 0 atom stereocenters.